The molecule has 0 radical (unpaired) electrons. The maximum atomic E-state index is 11.7. The molecule has 0 unspecified atom stereocenters. The van der Waals surface area contributed by atoms with Crippen LogP contribution < -0.4 is 11.1 Å². The zero-order chi connectivity index (χ0) is 13.5. The van der Waals surface area contributed by atoms with Gasteiger partial charge in [-0.25, -0.2) is 4.68 Å². The molecule has 0 saturated heterocycles. The van der Waals surface area contributed by atoms with E-state index in [0.717, 1.165) is 5.56 Å². The monoisotopic (exact) mass is 310 g/mol. The SMILES string of the molecule is CC.O=c1cc(Br)c(=O)n(Cc2ccccc2)[nH]1. The smallest absolute Gasteiger partial charge is 0.268 e. The lowest BCUT2D eigenvalue weighted by molar-refractivity contribution is 0.623. The molecule has 0 aliphatic rings. The van der Waals surface area contributed by atoms with Gasteiger partial charge in [0, 0.05) is 6.07 Å². The van der Waals surface area contributed by atoms with E-state index in [0.29, 0.717) is 6.54 Å². The summed E-state index contributed by atoms with van der Waals surface area (Å²) in [6.07, 6.45) is 0. The second kappa shape index (κ2) is 6.96. The molecule has 0 bridgehead atoms. The highest BCUT2D eigenvalue weighted by molar-refractivity contribution is 9.10. The average molecular weight is 311 g/mol. The fourth-order valence-electron chi connectivity index (χ4n) is 1.40. The van der Waals surface area contributed by atoms with E-state index < -0.39 is 0 Å². The highest BCUT2D eigenvalue weighted by Gasteiger charge is 2.03. The molecule has 4 nitrogen and oxygen atoms in total. The van der Waals surface area contributed by atoms with Crippen LogP contribution in [0.4, 0.5) is 0 Å². The Bertz CT molecular complexity index is 602. The van der Waals surface area contributed by atoms with Crippen molar-refractivity contribution in [2.45, 2.75) is 20.4 Å². The number of hydrogen-bond donors (Lipinski definition) is 1. The minimum Gasteiger partial charge on any atom is -0.268 e. The van der Waals surface area contributed by atoms with E-state index >= 15 is 0 Å². The van der Waals surface area contributed by atoms with E-state index in [2.05, 4.69) is 21.0 Å². The van der Waals surface area contributed by atoms with Gasteiger partial charge in [-0.3, -0.25) is 14.7 Å². The first kappa shape index (κ1) is 14.4. The van der Waals surface area contributed by atoms with Crippen LogP contribution >= 0.6 is 15.9 Å². The molecule has 2 aromatic rings. The minimum absolute atomic E-state index is 0.247. The number of H-pyrrole nitrogens is 1. The van der Waals surface area contributed by atoms with Crippen LogP contribution in [0.25, 0.3) is 0 Å². The highest BCUT2D eigenvalue weighted by atomic mass is 79.9. The molecule has 0 spiro atoms. The number of hydrogen-bond acceptors (Lipinski definition) is 2. The lowest BCUT2D eigenvalue weighted by atomic mass is 10.2. The van der Waals surface area contributed by atoms with E-state index in [-0.39, 0.29) is 15.6 Å². The van der Waals surface area contributed by atoms with Crippen LogP contribution in [0.2, 0.25) is 0 Å². The summed E-state index contributed by atoms with van der Waals surface area (Å²) in [5.41, 5.74) is 0.407. The van der Waals surface area contributed by atoms with Gasteiger partial charge < -0.3 is 0 Å². The summed E-state index contributed by atoms with van der Waals surface area (Å²) in [6.45, 7) is 4.36. The normalized spacial score (nSPS) is 9.50. The van der Waals surface area contributed by atoms with Crippen molar-refractivity contribution in [2.24, 2.45) is 0 Å². The molecule has 5 heteroatoms. The summed E-state index contributed by atoms with van der Waals surface area (Å²) in [7, 11) is 0. The molecule has 0 aliphatic heterocycles. The predicted molar refractivity (Wildman–Crippen MR) is 75.9 cm³/mol. The Hall–Kier alpha value is -1.62. The Balaban J connectivity index is 0.000000771. The third-order valence-electron chi connectivity index (χ3n) is 2.14. The van der Waals surface area contributed by atoms with Crippen LogP contribution in [-0.4, -0.2) is 9.78 Å². The van der Waals surface area contributed by atoms with Gasteiger partial charge in [0.15, 0.2) is 0 Å². The third-order valence-corrected chi connectivity index (χ3v) is 2.70. The molecule has 0 aliphatic carbocycles. The number of nitrogens with one attached hydrogen (secondary N) is 1. The molecule has 1 heterocycles. The maximum absolute atomic E-state index is 11.7. The number of nitrogens with zero attached hydrogens (tertiary/aromatic N) is 1. The molecular formula is C13H15BrN2O2. The Labute approximate surface area is 113 Å². The first-order valence-electron chi connectivity index (χ1n) is 5.70. The number of aromatic amines is 1. The second-order valence-corrected chi connectivity index (χ2v) is 4.20. The van der Waals surface area contributed by atoms with Crippen LogP contribution in [-0.2, 0) is 6.54 Å². The predicted octanol–water partition coefficient (Wildman–Crippen LogP) is 2.37. The summed E-state index contributed by atoms with van der Waals surface area (Å²) in [5.74, 6) is 0. The van der Waals surface area contributed by atoms with Crippen LogP contribution in [0.3, 0.4) is 0 Å². The number of aromatic nitrogens is 2. The van der Waals surface area contributed by atoms with E-state index in [1.54, 1.807) is 0 Å². The van der Waals surface area contributed by atoms with Crippen molar-refractivity contribution in [3.05, 3.63) is 67.1 Å². The van der Waals surface area contributed by atoms with E-state index in [9.17, 15) is 9.59 Å². The van der Waals surface area contributed by atoms with Crippen molar-refractivity contribution < 1.29 is 0 Å². The molecule has 2 rings (SSSR count). The van der Waals surface area contributed by atoms with E-state index in [1.807, 2.05) is 44.2 Å². The Morgan fingerprint density at radius 2 is 1.78 bits per heavy atom. The van der Waals surface area contributed by atoms with Crippen molar-refractivity contribution >= 4 is 15.9 Å². The van der Waals surface area contributed by atoms with E-state index in [1.165, 1.54) is 10.7 Å². The van der Waals surface area contributed by atoms with E-state index in [4.69, 9.17) is 0 Å². The van der Waals surface area contributed by atoms with Gasteiger partial charge in [0.05, 0.1) is 11.0 Å². The van der Waals surface area contributed by atoms with Crippen molar-refractivity contribution in [3.8, 4) is 0 Å². The van der Waals surface area contributed by atoms with Crippen LogP contribution in [0.15, 0.2) is 50.5 Å². The van der Waals surface area contributed by atoms with Gasteiger partial charge in [0.2, 0.25) is 0 Å². The molecular weight excluding hydrogens is 296 g/mol. The van der Waals surface area contributed by atoms with Crippen LogP contribution in [0.1, 0.15) is 19.4 Å². The zero-order valence-electron chi connectivity index (χ0n) is 10.3. The fourth-order valence-corrected chi connectivity index (χ4v) is 1.82. The first-order valence-corrected chi connectivity index (χ1v) is 6.50. The standard InChI is InChI=1S/C11H9BrN2O2.C2H6/c12-9-6-10(15)13-14(11(9)16)7-8-4-2-1-3-5-8;1-2/h1-6H,7H2,(H,13,15);1-2H3. The number of halogens is 1. The Kier molecular flexibility index (Phi) is 5.58. The quantitative estimate of drug-likeness (QED) is 0.926. The first-order chi connectivity index (χ1) is 8.66. The largest absolute Gasteiger partial charge is 0.279 e. The molecule has 0 fully saturated rings. The lowest BCUT2D eigenvalue weighted by Crippen LogP contribution is -2.29. The molecule has 1 aromatic carbocycles. The van der Waals surface area contributed by atoms with Gasteiger partial charge in [-0.1, -0.05) is 44.2 Å². The molecule has 0 atom stereocenters. The van der Waals surface area contributed by atoms with Crippen molar-refractivity contribution in [1.29, 1.82) is 0 Å². The third kappa shape index (κ3) is 3.70. The summed E-state index contributed by atoms with van der Waals surface area (Å²) < 4.78 is 1.55. The van der Waals surface area contributed by atoms with Crippen LogP contribution in [0.5, 0.6) is 0 Å². The van der Waals surface area contributed by atoms with Gasteiger partial charge in [-0.2, -0.15) is 0 Å². The minimum atomic E-state index is -0.303. The highest BCUT2D eigenvalue weighted by Crippen LogP contribution is 2.01. The molecule has 96 valence electrons. The topological polar surface area (TPSA) is 54.9 Å². The molecule has 1 N–H and O–H groups in total. The summed E-state index contributed by atoms with van der Waals surface area (Å²) in [6, 6.07) is 10.7. The number of benzene rings is 1. The van der Waals surface area contributed by atoms with Crippen molar-refractivity contribution in [2.75, 3.05) is 0 Å². The molecule has 0 saturated carbocycles. The summed E-state index contributed by atoms with van der Waals surface area (Å²) in [5, 5.41) is 2.48. The van der Waals surface area contributed by atoms with Gasteiger partial charge >= 0.3 is 0 Å². The lowest BCUT2D eigenvalue weighted by Gasteiger charge is -2.05. The van der Waals surface area contributed by atoms with Gasteiger partial charge in [0.1, 0.15) is 0 Å². The Morgan fingerprint density at radius 1 is 1.17 bits per heavy atom. The van der Waals surface area contributed by atoms with Gasteiger partial charge in [-0.15, -0.1) is 0 Å². The van der Waals surface area contributed by atoms with Crippen molar-refractivity contribution in [1.82, 2.24) is 9.78 Å². The van der Waals surface area contributed by atoms with Gasteiger partial charge in [-0.05, 0) is 21.5 Å². The molecule has 0 amide bonds. The Morgan fingerprint density at radius 3 is 2.39 bits per heavy atom. The molecule has 1 aromatic heterocycles. The van der Waals surface area contributed by atoms with Crippen molar-refractivity contribution in [3.63, 3.8) is 0 Å². The zero-order valence-corrected chi connectivity index (χ0v) is 11.9. The fraction of sp³-hybridized carbons (Fsp3) is 0.231. The summed E-state index contributed by atoms with van der Waals surface area (Å²) in [4.78, 5) is 22.9. The second-order valence-electron chi connectivity index (χ2n) is 3.35. The summed E-state index contributed by atoms with van der Waals surface area (Å²) >= 11 is 3.06. The molecule has 18 heavy (non-hydrogen) atoms. The maximum Gasteiger partial charge on any atom is 0.279 e. The van der Waals surface area contributed by atoms with Crippen LogP contribution in [0, 0.1) is 0 Å². The average Bonchev–Trinajstić information content (AvgIpc) is 2.39. The van der Waals surface area contributed by atoms with Gasteiger partial charge in [0.25, 0.3) is 11.1 Å². The number of rotatable bonds is 2.